The number of hydrogen-bond acceptors (Lipinski definition) is 2. The molecule has 0 radical (unpaired) electrons. The highest BCUT2D eigenvalue weighted by molar-refractivity contribution is 6.29. The lowest BCUT2D eigenvalue weighted by atomic mass is 10.1. The van der Waals surface area contributed by atoms with Gasteiger partial charge in [-0.05, 0) is 27.7 Å². The van der Waals surface area contributed by atoms with Crippen LogP contribution in [-0.4, -0.2) is 15.0 Å². The second kappa shape index (κ2) is 2.48. The Kier molecular flexibility index (Phi) is 1.92. The first-order chi connectivity index (χ1) is 4.91. The zero-order chi connectivity index (χ0) is 8.65. The Morgan fingerprint density at radius 3 is 2.00 bits per heavy atom. The summed E-state index contributed by atoms with van der Waals surface area (Å²) in [5.74, 6) is 0. The minimum atomic E-state index is -0.0854. The van der Waals surface area contributed by atoms with E-state index in [1.165, 1.54) is 0 Å². The van der Waals surface area contributed by atoms with Gasteiger partial charge in [-0.2, -0.15) is 9.90 Å². The predicted octanol–water partition coefficient (Wildman–Crippen LogP) is 1.99. The number of hydrogen-bond donors (Lipinski definition) is 0. The lowest BCUT2D eigenvalue weighted by molar-refractivity contribution is 0.311. The predicted molar refractivity (Wildman–Crippen MR) is 44.8 cm³/mol. The highest BCUT2D eigenvalue weighted by atomic mass is 35.5. The van der Waals surface area contributed by atoms with E-state index in [0.717, 1.165) is 5.69 Å². The Bertz CT molecular complexity index is 240. The van der Waals surface area contributed by atoms with E-state index in [-0.39, 0.29) is 5.54 Å². The van der Waals surface area contributed by atoms with Crippen LogP contribution in [0.1, 0.15) is 26.5 Å². The lowest BCUT2D eigenvalue weighted by Crippen LogP contribution is -2.24. The molecule has 11 heavy (non-hydrogen) atoms. The van der Waals surface area contributed by atoms with Crippen molar-refractivity contribution in [2.45, 2.75) is 33.2 Å². The molecule has 3 nitrogen and oxygen atoms in total. The van der Waals surface area contributed by atoms with Crippen LogP contribution in [0.15, 0.2) is 0 Å². The van der Waals surface area contributed by atoms with Crippen LogP contribution >= 0.6 is 11.6 Å². The molecule has 0 saturated heterocycles. The number of rotatable bonds is 0. The topological polar surface area (TPSA) is 30.7 Å². The van der Waals surface area contributed by atoms with Gasteiger partial charge in [0.05, 0.1) is 11.2 Å². The van der Waals surface area contributed by atoms with Crippen molar-refractivity contribution in [2.24, 2.45) is 0 Å². The highest BCUT2D eigenvalue weighted by Gasteiger charge is 2.16. The van der Waals surface area contributed by atoms with E-state index in [2.05, 4.69) is 10.2 Å². The molecule has 0 N–H and O–H groups in total. The van der Waals surface area contributed by atoms with Crippen LogP contribution in [0.4, 0.5) is 0 Å². The van der Waals surface area contributed by atoms with Gasteiger partial charge in [-0.1, -0.05) is 11.6 Å². The summed E-state index contributed by atoms with van der Waals surface area (Å²) in [6.07, 6.45) is 0. The molecule has 0 aliphatic heterocycles. The normalized spacial score (nSPS) is 12.1. The largest absolute Gasteiger partial charge is 0.178 e. The third-order valence-corrected chi connectivity index (χ3v) is 1.67. The number of aryl methyl sites for hydroxylation is 1. The molecular weight excluding hydrogens is 162 g/mol. The monoisotopic (exact) mass is 173 g/mol. The maximum atomic E-state index is 5.74. The zero-order valence-electron chi connectivity index (χ0n) is 7.22. The van der Waals surface area contributed by atoms with E-state index >= 15 is 0 Å². The van der Waals surface area contributed by atoms with Crippen molar-refractivity contribution in [1.29, 1.82) is 0 Å². The first-order valence-corrected chi connectivity index (χ1v) is 3.89. The van der Waals surface area contributed by atoms with Crippen LogP contribution in [0.2, 0.25) is 5.15 Å². The molecule has 1 heterocycles. The second-order valence-corrected chi connectivity index (χ2v) is 3.89. The summed E-state index contributed by atoms with van der Waals surface area (Å²) in [6.45, 7) is 7.94. The minimum absolute atomic E-state index is 0.0854. The Morgan fingerprint density at radius 2 is 1.82 bits per heavy atom. The van der Waals surface area contributed by atoms with Gasteiger partial charge >= 0.3 is 0 Å². The molecule has 0 aliphatic carbocycles. The second-order valence-electron chi connectivity index (χ2n) is 3.54. The standard InChI is InChI=1S/C7H12ClN3/c1-5-6(8)10-11(9-5)7(2,3)4/h1-4H3. The van der Waals surface area contributed by atoms with E-state index in [4.69, 9.17) is 11.6 Å². The van der Waals surface area contributed by atoms with Crippen molar-refractivity contribution in [3.8, 4) is 0 Å². The van der Waals surface area contributed by atoms with Gasteiger partial charge in [0.15, 0.2) is 5.15 Å². The van der Waals surface area contributed by atoms with E-state index in [1.807, 2.05) is 27.7 Å². The molecule has 0 unspecified atom stereocenters. The van der Waals surface area contributed by atoms with Gasteiger partial charge in [-0.25, -0.2) is 0 Å². The molecule has 0 fully saturated rings. The summed E-state index contributed by atoms with van der Waals surface area (Å²) in [7, 11) is 0. The summed E-state index contributed by atoms with van der Waals surface area (Å²) in [5, 5.41) is 8.69. The number of halogens is 1. The van der Waals surface area contributed by atoms with E-state index in [0.29, 0.717) is 5.15 Å². The minimum Gasteiger partial charge on any atom is -0.178 e. The molecule has 1 rings (SSSR count). The van der Waals surface area contributed by atoms with E-state index in [1.54, 1.807) is 4.80 Å². The van der Waals surface area contributed by atoms with Gasteiger partial charge < -0.3 is 0 Å². The fourth-order valence-electron chi connectivity index (χ4n) is 0.661. The lowest BCUT2D eigenvalue weighted by Gasteiger charge is -2.16. The van der Waals surface area contributed by atoms with Crippen LogP contribution in [0.5, 0.6) is 0 Å². The van der Waals surface area contributed by atoms with Crippen LogP contribution in [-0.2, 0) is 5.54 Å². The van der Waals surface area contributed by atoms with Gasteiger partial charge in [0.2, 0.25) is 0 Å². The molecule has 4 heteroatoms. The average Bonchev–Trinajstić information content (AvgIpc) is 2.11. The quantitative estimate of drug-likeness (QED) is 0.601. The average molecular weight is 174 g/mol. The van der Waals surface area contributed by atoms with Crippen LogP contribution in [0.3, 0.4) is 0 Å². The van der Waals surface area contributed by atoms with E-state index < -0.39 is 0 Å². The zero-order valence-corrected chi connectivity index (χ0v) is 7.98. The molecule has 1 aromatic rings. The van der Waals surface area contributed by atoms with Gasteiger partial charge in [0, 0.05) is 0 Å². The van der Waals surface area contributed by atoms with Crippen molar-refractivity contribution in [3.05, 3.63) is 10.8 Å². The Balaban J connectivity index is 3.08. The molecule has 0 aromatic carbocycles. The van der Waals surface area contributed by atoms with Crippen molar-refractivity contribution >= 4 is 11.6 Å². The Morgan fingerprint density at radius 1 is 1.27 bits per heavy atom. The molecule has 0 atom stereocenters. The summed E-state index contributed by atoms with van der Waals surface area (Å²) in [4.78, 5) is 1.63. The molecular formula is C7H12ClN3. The maximum Gasteiger partial charge on any atom is 0.174 e. The fourth-order valence-corrected chi connectivity index (χ4v) is 0.771. The van der Waals surface area contributed by atoms with Gasteiger partial charge in [-0.15, -0.1) is 5.10 Å². The van der Waals surface area contributed by atoms with Gasteiger partial charge in [0.1, 0.15) is 0 Å². The summed E-state index contributed by atoms with van der Waals surface area (Å²) in [5.41, 5.74) is 0.694. The van der Waals surface area contributed by atoms with Crippen LogP contribution < -0.4 is 0 Å². The maximum absolute atomic E-state index is 5.74. The summed E-state index contributed by atoms with van der Waals surface area (Å²) < 4.78 is 0. The number of aromatic nitrogens is 3. The molecule has 0 amide bonds. The van der Waals surface area contributed by atoms with Crippen molar-refractivity contribution in [2.75, 3.05) is 0 Å². The van der Waals surface area contributed by atoms with Gasteiger partial charge in [-0.3, -0.25) is 0 Å². The third-order valence-electron chi connectivity index (χ3n) is 1.33. The SMILES string of the molecule is Cc1nn(C(C)(C)C)nc1Cl. The van der Waals surface area contributed by atoms with E-state index in [9.17, 15) is 0 Å². The fraction of sp³-hybridized carbons (Fsp3) is 0.714. The number of nitrogens with zero attached hydrogens (tertiary/aromatic N) is 3. The van der Waals surface area contributed by atoms with Crippen molar-refractivity contribution in [3.63, 3.8) is 0 Å². The molecule has 0 saturated carbocycles. The smallest absolute Gasteiger partial charge is 0.174 e. The first-order valence-electron chi connectivity index (χ1n) is 3.51. The molecule has 0 aliphatic rings. The molecule has 0 spiro atoms. The molecule has 0 bridgehead atoms. The Hall–Kier alpha value is -0.570. The Labute approximate surface area is 71.4 Å². The third kappa shape index (κ3) is 1.71. The van der Waals surface area contributed by atoms with Crippen molar-refractivity contribution < 1.29 is 0 Å². The summed E-state index contributed by atoms with van der Waals surface area (Å²) in [6, 6.07) is 0. The first kappa shape index (κ1) is 8.53. The summed E-state index contributed by atoms with van der Waals surface area (Å²) >= 11 is 5.74. The molecule has 62 valence electrons. The molecule has 1 aromatic heterocycles. The van der Waals surface area contributed by atoms with Crippen LogP contribution in [0.25, 0.3) is 0 Å². The highest BCUT2D eigenvalue weighted by Crippen LogP contribution is 2.15. The van der Waals surface area contributed by atoms with Gasteiger partial charge in [0.25, 0.3) is 0 Å². The van der Waals surface area contributed by atoms with Crippen molar-refractivity contribution in [1.82, 2.24) is 15.0 Å². The van der Waals surface area contributed by atoms with Crippen LogP contribution in [0, 0.1) is 6.92 Å².